The van der Waals surface area contributed by atoms with Crippen molar-refractivity contribution in [1.29, 1.82) is 0 Å². The number of hydrogen-bond acceptors (Lipinski definition) is 9. The summed E-state index contributed by atoms with van der Waals surface area (Å²) in [5.41, 5.74) is 7.75. The third-order valence-electron chi connectivity index (χ3n) is 7.01. The van der Waals surface area contributed by atoms with Crippen LogP contribution in [-0.4, -0.2) is 79.4 Å². The molecule has 14 nitrogen and oxygen atoms in total. The van der Waals surface area contributed by atoms with Crippen LogP contribution in [0.3, 0.4) is 0 Å². The number of nitrogens with one attached hydrogen (secondary N) is 3. The molecule has 0 radical (unpaired) electrons. The zero-order valence-electron chi connectivity index (χ0n) is 24.6. The number of phenolic OH excluding ortho intramolecular Hbond substituents is 3. The quantitative estimate of drug-likeness (QED) is 0.105. The van der Waals surface area contributed by atoms with Crippen molar-refractivity contribution in [3.63, 3.8) is 0 Å². The van der Waals surface area contributed by atoms with E-state index in [0.717, 1.165) is 0 Å². The number of benzene rings is 3. The van der Waals surface area contributed by atoms with E-state index in [1.54, 1.807) is 12.1 Å². The van der Waals surface area contributed by atoms with Crippen LogP contribution < -0.4 is 21.7 Å². The van der Waals surface area contributed by atoms with Gasteiger partial charge in [0.15, 0.2) is 0 Å². The van der Waals surface area contributed by atoms with Gasteiger partial charge in [-0.3, -0.25) is 19.2 Å². The van der Waals surface area contributed by atoms with Gasteiger partial charge in [-0.1, -0.05) is 36.4 Å². The maximum Gasteiger partial charge on any atom is 0.326 e. The monoisotopic (exact) mass is 636 g/mol. The minimum absolute atomic E-state index is 0.0314. The molecule has 3 amide bonds. The molecule has 0 aliphatic heterocycles. The summed E-state index contributed by atoms with van der Waals surface area (Å²) in [5, 5.41) is 55.0. The first kappa shape index (κ1) is 34.9. The molecule has 0 bridgehead atoms. The van der Waals surface area contributed by atoms with Crippen LogP contribution in [0.2, 0.25) is 0 Å². The molecule has 14 heteroatoms. The second-order valence-electron chi connectivity index (χ2n) is 10.7. The van der Waals surface area contributed by atoms with Gasteiger partial charge in [-0.2, -0.15) is 0 Å². The molecule has 4 unspecified atom stereocenters. The predicted molar refractivity (Wildman–Crippen MR) is 164 cm³/mol. The highest BCUT2D eigenvalue weighted by Gasteiger charge is 2.31. The fraction of sp³-hybridized carbons (Fsp3) is 0.281. The number of aliphatic carboxylic acids is 2. The molecule has 4 atom stereocenters. The summed E-state index contributed by atoms with van der Waals surface area (Å²) >= 11 is 0. The Kier molecular flexibility index (Phi) is 12.5. The molecular weight excluding hydrogens is 600 g/mol. The molecule has 0 fully saturated rings. The number of aromatic hydroxyl groups is 3. The van der Waals surface area contributed by atoms with Gasteiger partial charge in [-0.15, -0.1) is 0 Å². The summed E-state index contributed by atoms with van der Waals surface area (Å²) in [5.74, 6) is -5.22. The van der Waals surface area contributed by atoms with Gasteiger partial charge in [0.25, 0.3) is 0 Å². The van der Waals surface area contributed by atoms with Crippen molar-refractivity contribution < 1.29 is 49.5 Å². The standard InChI is InChI=1S/C32H36N4O10/c33-24(15-18-1-7-21(37)8-2-18)29(42)35-26(16-19-3-9-22(38)10-4-19)31(44)34-25(13-14-28(40)41)30(43)36-27(32(45)46)17-20-5-11-23(39)12-6-20/h1-12,24-27,37-39H,13-17,33H2,(H,34,44)(H,35,42)(H,36,43)(H,40,41)(H,45,46). The van der Waals surface area contributed by atoms with Crippen molar-refractivity contribution in [3.8, 4) is 17.2 Å². The smallest absolute Gasteiger partial charge is 0.326 e. The molecule has 0 saturated heterocycles. The minimum Gasteiger partial charge on any atom is -0.508 e. The first-order valence-electron chi connectivity index (χ1n) is 14.3. The second-order valence-corrected chi connectivity index (χ2v) is 10.7. The maximum absolute atomic E-state index is 13.6. The Morgan fingerprint density at radius 2 is 0.913 bits per heavy atom. The molecule has 0 aromatic heterocycles. The Morgan fingerprint density at radius 1 is 0.543 bits per heavy atom. The van der Waals surface area contributed by atoms with Crippen molar-refractivity contribution in [3.05, 3.63) is 89.5 Å². The predicted octanol–water partition coefficient (Wildman–Crippen LogP) is 0.562. The van der Waals surface area contributed by atoms with Gasteiger partial charge in [-0.25, -0.2) is 4.79 Å². The fourth-order valence-corrected chi connectivity index (χ4v) is 4.48. The Morgan fingerprint density at radius 3 is 1.35 bits per heavy atom. The molecule has 0 heterocycles. The van der Waals surface area contributed by atoms with E-state index in [2.05, 4.69) is 16.0 Å². The third kappa shape index (κ3) is 11.1. The lowest BCUT2D eigenvalue weighted by Gasteiger charge is -2.25. The van der Waals surface area contributed by atoms with Crippen LogP contribution in [0.4, 0.5) is 0 Å². The number of phenols is 3. The minimum atomic E-state index is -1.49. The summed E-state index contributed by atoms with van der Waals surface area (Å²) in [6.07, 6.45) is -1.13. The van der Waals surface area contributed by atoms with Gasteiger partial charge in [0, 0.05) is 19.3 Å². The van der Waals surface area contributed by atoms with Gasteiger partial charge >= 0.3 is 11.9 Å². The van der Waals surface area contributed by atoms with Crippen LogP contribution in [0.25, 0.3) is 0 Å². The van der Waals surface area contributed by atoms with Crippen LogP contribution in [0.15, 0.2) is 72.8 Å². The van der Waals surface area contributed by atoms with E-state index < -0.39 is 66.7 Å². The van der Waals surface area contributed by atoms with Gasteiger partial charge in [0.2, 0.25) is 17.7 Å². The third-order valence-corrected chi connectivity index (χ3v) is 7.01. The van der Waals surface area contributed by atoms with Gasteiger partial charge < -0.3 is 47.2 Å². The van der Waals surface area contributed by atoms with E-state index in [1.165, 1.54) is 60.7 Å². The molecule has 3 rings (SSSR count). The van der Waals surface area contributed by atoms with Crippen LogP contribution in [0, 0.1) is 0 Å². The fourth-order valence-electron chi connectivity index (χ4n) is 4.48. The molecule has 10 N–H and O–H groups in total. The highest BCUT2D eigenvalue weighted by molar-refractivity contribution is 5.94. The summed E-state index contributed by atoms with van der Waals surface area (Å²) in [7, 11) is 0. The summed E-state index contributed by atoms with van der Waals surface area (Å²) < 4.78 is 0. The zero-order valence-corrected chi connectivity index (χ0v) is 24.6. The Bertz CT molecular complexity index is 1510. The number of carboxylic acids is 2. The van der Waals surface area contributed by atoms with Crippen molar-refractivity contribution in [2.24, 2.45) is 5.73 Å². The molecule has 0 spiro atoms. The molecule has 244 valence electrons. The Balaban J connectivity index is 1.79. The van der Waals surface area contributed by atoms with Crippen LogP contribution >= 0.6 is 0 Å². The summed E-state index contributed by atoms with van der Waals surface area (Å²) in [6.45, 7) is 0. The normalized spacial score (nSPS) is 13.4. The second kappa shape index (κ2) is 16.4. The summed E-state index contributed by atoms with van der Waals surface area (Å²) in [4.78, 5) is 63.2. The molecule has 3 aromatic carbocycles. The first-order valence-corrected chi connectivity index (χ1v) is 14.3. The molecule has 0 saturated carbocycles. The lowest BCUT2D eigenvalue weighted by Crippen LogP contribution is -2.58. The highest BCUT2D eigenvalue weighted by atomic mass is 16.4. The van der Waals surface area contributed by atoms with Crippen molar-refractivity contribution in [2.75, 3.05) is 0 Å². The van der Waals surface area contributed by atoms with Crippen molar-refractivity contribution >= 4 is 29.7 Å². The van der Waals surface area contributed by atoms with E-state index in [0.29, 0.717) is 16.7 Å². The van der Waals surface area contributed by atoms with E-state index in [1.807, 2.05) is 0 Å². The topological polar surface area (TPSA) is 249 Å². The Hall–Kier alpha value is -5.63. The van der Waals surface area contributed by atoms with E-state index in [4.69, 9.17) is 5.73 Å². The highest BCUT2D eigenvalue weighted by Crippen LogP contribution is 2.15. The average molecular weight is 637 g/mol. The van der Waals surface area contributed by atoms with E-state index >= 15 is 0 Å². The van der Waals surface area contributed by atoms with Crippen molar-refractivity contribution in [1.82, 2.24) is 16.0 Å². The van der Waals surface area contributed by atoms with E-state index in [9.17, 15) is 49.5 Å². The lowest BCUT2D eigenvalue weighted by molar-refractivity contribution is -0.143. The van der Waals surface area contributed by atoms with Gasteiger partial charge in [0.05, 0.1) is 6.04 Å². The first-order chi connectivity index (χ1) is 21.8. The maximum atomic E-state index is 13.6. The number of carbonyl (C=O) groups is 5. The van der Waals surface area contributed by atoms with Crippen LogP contribution in [-0.2, 0) is 43.2 Å². The number of amides is 3. The molecule has 46 heavy (non-hydrogen) atoms. The largest absolute Gasteiger partial charge is 0.508 e. The summed E-state index contributed by atoms with van der Waals surface area (Å²) in [6, 6.07) is 12.1. The number of carbonyl (C=O) groups excluding carboxylic acids is 3. The van der Waals surface area contributed by atoms with Crippen molar-refractivity contribution in [2.45, 2.75) is 56.3 Å². The van der Waals surface area contributed by atoms with Gasteiger partial charge in [0.1, 0.15) is 35.4 Å². The van der Waals surface area contributed by atoms with Gasteiger partial charge in [-0.05, 0) is 65.9 Å². The molecular formula is C32H36N4O10. The Labute approximate surface area is 263 Å². The van der Waals surface area contributed by atoms with E-state index in [-0.39, 0.29) is 36.5 Å². The number of carboxylic acid groups (broad SMARTS) is 2. The number of nitrogens with two attached hydrogens (primary N) is 1. The zero-order chi connectivity index (χ0) is 33.8. The lowest BCUT2D eigenvalue weighted by atomic mass is 10.0. The molecule has 0 aliphatic carbocycles. The molecule has 0 aliphatic rings. The van der Waals surface area contributed by atoms with Crippen LogP contribution in [0.1, 0.15) is 29.5 Å². The number of rotatable bonds is 16. The molecule has 3 aromatic rings. The van der Waals surface area contributed by atoms with Crippen LogP contribution in [0.5, 0.6) is 17.2 Å². The average Bonchev–Trinajstić information content (AvgIpc) is 3.01. The number of hydrogen-bond donors (Lipinski definition) is 9. The SMILES string of the molecule is NC(Cc1ccc(O)cc1)C(=O)NC(Cc1ccc(O)cc1)C(=O)NC(CCC(=O)O)C(=O)NC(Cc1ccc(O)cc1)C(=O)O.